The number of morpholine rings is 1. The first-order chi connectivity index (χ1) is 14.7. The lowest BCUT2D eigenvalue weighted by Gasteiger charge is -2.35. The maximum Gasteiger partial charge on any atom is 0.252 e. The minimum atomic E-state index is -0.108. The Labute approximate surface area is 183 Å². The molecule has 1 amide bonds. The average molecular weight is 467 g/mol. The first-order valence-corrected chi connectivity index (χ1v) is 11.1. The van der Waals surface area contributed by atoms with E-state index in [1.165, 1.54) is 12.8 Å². The molecule has 2 aromatic heterocycles. The number of nitrogens with one attached hydrogen (secondary N) is 1. The van der Waals surface area contributed by atoms with Gasteiger partial charge in [0, 0.05) is 46.9 Å². The van der Waals surface area contributed by atoms with Gasteiger partial charge in [0.15, 0.2) is 0 Å². The molecule has 6 nitrogen and oxygen atoms in total. The number of carbonyl (C=O) groups is 1. The Bertz CT molecular complexity index is 1080. The van der Waals surface area contributed by atoms with Gasteiger partial charge >= 0.3 is 0 Å². The number of pyridine rings is 2. The van der Waals surface area contributed by atoms with Gasteiger partial charge in [-0.15, -0.1) is 0 Å². The quantitative estimate of drug-likeness (QED) is 0.635. The van der Waals surface area contributed by atoms with E-state index in [-0.39, 0.29) is 12.0 Å². The van der Waals surface area contributed by atoms with Crippen LogP contribution in [-0.2, 0) is 4.74 Å². The van der Waals surface area contributed by atoms with Crippen LogP contribution in [0.25, 0.3) is 22.2 Å². The summed E-state index contributed by atoms with van der Waals surface area (Å²) in [7, 11) is 0. The van der Waals surface area contributed by atoms with Crippen LogP contribution >= 0.6 is 15.9 Å². The Kier molecular flexibility index (Phi) is 5.50. The van der Waals surface area contributed by atoms with Crippen molar-refractivity contribution in [3.05, 3.63) is 58.8 Å². The number of halogens is 1. The fourth-order valence-electron chi connectivity index (χ4n) is 4.37. The Morgan fingerprint density at radius 1 is 1.23 bits per heavy atom. The Hall–Kier alpha value is -2.35. The number of rotatable bonds is 4. The molecule has 2 aliphatic rings. The van der Waals surface area contributed by atoms with E-state index in [1.54, 1.807) is 12.4 Å². The summed E-state index contributed by atoms with van der Waals surface area (Å²) in [6, 6.07) is 12.0. The second-order valence-electron chi connectivity index (χ2n) is 7.91. The summed E-state index contributed by atoms with van der Waals surface area (Å²) in [6.07, 6.45) is 5.95. The van der Waals surface area contributed by atoms with E-state index >= 15 is 0 Å². The van der Waals surface area contributed by atoms with Crippen LogP contribution in [0.3, 0.4) is 0 Å². The van der Waals surface area contributed by atoms with Crippen molar-refractivity contribution < 1.29 is 9.53 Å². The molecule has 2 aliphatic heterocycles. The van der Waals surface area contributed by atoms with Crippen molar-refractivity contribution in [3.63, 3.8) is 0 Å². The zero-order valence-electron chi connectivity index (χ0n) is 16.6. The van der Waals surface area contributed by atoms with E-state index in [0.29, 0.717) is 18.2 Å². The Morgan fingerprint density at radius 2 is 2.10 bits per heavy atom. The van der Waals surface area contributed by atoms with Crippen molar-refractivity contribution >= 4 is 32.7 Å². The minimum absolute atomic E-state index is 0.0304. The second-order valence-corrected chi connectivity index (χ2v) is 8.82. The lowest BCUT2D eigenvalue weighted by atomic mass is 10.0. The van der Waals surface area contributed by atoms with Gasteiger partial charge in [-0.25, -0.2) is 4.98 Å². The van der Waals surface area contributed by atoms with E-state index in [1.807, 2.05) is 36.4 Å². The minimum Gasteiger partial charge on any atom is -0.373 e. The van der Waals surface area contributed by atoms with Crippen LogP contribution < -0.4 is 5.32 Å². The van der Waals surface area contributed by atoms with Crippen LogP contribution in [-0.4, -0.2) is 59.2 Å². The molecule has 154 valence electrons. The van der Waals surface area contributed by atoms with Crippen molar-refractivity contribution in [2.24, 2.45) is 0 Å². The predicted octanol–water partition coefficient (Wildman–Crippen LogP) is 3.65. The van der Waals surface area contributed by atoms with Crippen molar-refractivity contribution in [3.8, 4) is 11.3 Å². The first kappa shape index (κ1) is 19.6. The van der Waals surface area contributed by atoms with Crippen molar-refractivity contribution in [1.82, 2.24) is 20.2 Å². The van der Waals surface area contributed by atoms with Crippen molar-refractivity contribution in [2.45, 2.75) is 25.0 Å². The van der Waals surface area contributed by atoms with Crippen LogP contribution in [0.4, 0.5) is 0 Å². The number of benzene rings is 1. The van der Waals surface area contributed by atoms with Gasteiger partial charge in [-0.1, -0.05) is 15.9 Å². The van der Waals surface area contributed by atoms with Gasteiger partial charge in [-0.05, 0) is 55.8 Å². The molecule has 0 aliphatic carbocycles. The zero-order chi connectivity index (χ0) is 20.5. The summed E-state index contributed by atoms with van der Waals surface area (Å²) in [5, 5.41) is 3.92. The van der Waals surface area contributed by atoms with E-state index in [4.69, 9.17) is 9.72 Å². The van der Waals surface area contributed by atoms with Crippen molar-refractivity contribution in [2.75, 3.05) is 26.2 Å². The molecule has 0 spiro atoms. The zero-order valence-corrected chi connectivity index (χ0v) is 18.1. The van der Waals surface area contributed by atoms with Gasteiger partial charge in [0.25, 0.3) is 5.91 Å². The molecule has 0 saturated carbocycles. The normalized spacial score (nSPS) is 21.5. The third-order valence-electron chi connectivity index (χ3n) is 5.94. The lowest BCUT2D eigenvalue weighted by molar-refractivity contribution is -0.0461. The number of hydrogen-bond acceptors (Lipinski definition) is 5. The van der Waals surface area contributed by atoms with E-state index in [9.17, 15) is 4.79 Å². The van der Waals surface area contributed by atoms with Gasteiger partial charge in [0.2, 0.25) is 0 Å². The topological polar surface area (TPSA) is 67.4 Å². The molecule has 2 fully saturated rings. The van der Waals surface area contributed by atoms with E-state index in [0.717, 1.165) is 46.3 Å². The molecule has 1 aromatic carbocycles. The molecular formula is C23H23BrN4O2. The molecule has 3 aromatic rings. The lowest BCUT2D eigenvalue weighted by Crippen LogP contribution is -2.50. The molecule has 2 atom stereocenters. The summed E-state index contributed by atoms with van der Waals surface area (Å²) >= 11 is 3.51. The van der Waals surface area contributed by atoms with Gasteiger partial charge in [0.05, 0.1) is 29.5 Å². The Morgan fingerprint density at radius 3 is 2.97 bits per heavy atom. The van der Waals surface area contributed by atoms with Crippen LogP contribution in [0.1, 0.15) is 23.2 Å². The monoisotopic (exact) mass is 466 g/mol. The fraction of sp³-hybridized carbons (Fsp3) is 0.348. The summed E-state index contributed by atoms with van der Waals surface area (Å²) < 4.78 is 6.91. The average Bonchev–Trinajstić information content (AvgIpc) is 3.25. The van der Waals surface area contributed by atoms with Crippen LogP contribution in [0.2, 0.25) is 0 Å². The van der Waals surface area contributed by atoms with Gasteiger partial charge in [-0.3, -0.25) is 14.7 Å². The molecule has 4 heterocycles. The smallest absolute Gasteiger partial charge is 0.252 e. The van der Waals surface area contributed by atoms with Crippen LogP contribution in [0.15, 0.2) is 53.3 Å². The Balaban J connectivity index is 1.40. The van der Waals surface area contributed by atoms with Gasteiger partial charge < -0.3 is 10.1 Å². The number of ether oxygens (including phenoxy) is 1. The maximum atomic E-state index is 13.2. The third kappa shape index (κ3) is 3.97. The summed E-state index contributed by atoms with van der Waals surface area (Å²) in [5.41, 5.74) is 3.08. The molecule has 1 N–H and O–H groups in total. The number of fused-ring (bicyclic) bond motifs is 2. The summed E-state index contributed by atoms with van der Waals surface area (Å²) in [6.45, 7) is 3.29. The molecular weight excluding hydrogens is 444 g/mol. The summed E-state index contributed by atoms with van der Waals surface area (Å²) in [4.78, 5) is 24.5. The molecule has 5 rings (SSSR count). The second kappa shape index (κ2) is 8.41. The number of carbonyl (C=O) groups excluding carboxylic acids is 1. The van der Waals surface area contributed by atoms with Crippen LogP contribution in [0, 0.1) is 0 Å². The molecule has 30 heavy (non-hydrogen) atoms. The highest BCUT2D eigenvalue weighted by atomic mass is 79.9. The van der Waals surface area contributed by atoms with Gasteiger partial charge in [-0.2, -0.15) is 0 Å². The largest absolute Gasteiger partial charge is 0.373 e. The number of hydrogen-bond donors (Lipinski definition) is 1. The highest BCUT2D eigenvalue weighted by Gasteiger charge is 2.32. The highest BCUT2D eigenvalue weighted by molar-refractivity contribution is 9.10. The highest BCUT2D eigenvalue weighted by Crippen LogP contribution is 2.27. The molecule has 2 unspecified atom stereocenters. The van der Waals surface area contributed by atoms with Crippen LogP contribution in [0.5, 0.6) is 0 Å². The standard InChI is InChI=1S/C23H23BrN4O2/c24-16-3-4-21-19(10-16)20(11-22(27-21)15-5-7-25-8-6-15)23(29)26-12-18-13-28-9-1-2-17(28)14-30-18/h3-8,10-11,17-18H,1-2,9,12-14H2,(H,26,29). The molecule has 7 heteroatoms. The first-order valence-electron chi connectivity index (χ1n) is 10.3. The van der Waals surface area contributed by atoms with Gasteiger partial charge in [0.1, 0.15) is 0 Å². The summed E-state index contributed by atoms with van der Waals surface area (Å²) in [5.74, 6) is -0.108. The molecule has 0 radical (unpaired) electrons. The number of nitrogens with zero attached hydrogens (tertiary/aromatic N) is 3. The predicted molar refractivity (Wildman–Crippen MR) is 119 cm³/mol. The van der Waals surface area contributed by atoms with E-state index < -0.39 is 0 Å². The maximum absolute atomic E-state index is 13.2. The number of amides is 1. The number of aromatic nitrogens is 2. The van der Waals surface area contributed by atoms with Crippen molar-refractivity contribution in [1.29, 1.82) is 0 Å². The molecule has 0 bridgehead atoms. The fourth-order valence-corrected chi connectivity index (χ4v) is 4.73. The SMILES string of the molecule is O=C(NCC1CN2CCCC2CO1)c1cc(-c2ccncc2)nc2ccc(Br)cc12. The third-order valence-corrected chi connectivity index (χ3v) is 6.44. The van der Waals surface area contributed by atoms with E-state index in [2.05, 4.69) is 31.1 Å². The molecule has 2 saturated heterocycles.